The highest BCUT2D eigenvalue weighted by Gasteiger charge is 2.49. The van der Waals surface area contributed by atoms with Crippen LogP contribution < -0.4 is 11.1 Å². The number of rotatable bonds is 6. The molecule has 2 aliphatic rings. The van der Waals surface area contributed by atoms with Crippen LogP contribution in [-0.4, -0.2) is 43.0 Å². The van der Waals surface area contributed by atoms with Gasteiger partial charge in [-0.3, -0.25) is 4.79 Å². The zero-order chi connectivity index (χ0) is 14.0. The smallest absolute Gasteiger partial charge is 0.239 e. The molecule has 0 bridgehead atoms. The number of amides is 1. The minimum atomic E-state index is -0.495. The second kappa shape index (κ2) is 5.80. The largest absolute Gasteiger partial charge is 0.368 e. The summed E-state index contributed by atoms with van der Waals surface area (Å²) in [5.74, 6) is 1.88. The van der Waals surface area contributed by atoms with E-state index in [1.54, 1.807) is 0 Å². The van der Waals surface area contributed by atoms with E-state index in [-0.39, 0.29) is 5.91 Å². The number of carbonyl (C=O) groups is 1. The van der Waals surface area contributed by atoms with Gasteiger partial charge in [0.1, 0.15) is 5.54 Å². The summed E-state index contributed by atoms with van der Waals surface area (Å²) in [6.07, 6.45) is 4.76. The predicted molar refractivity (Wildman–Crippen MR) is 77.7 cm³/mol. The van der Waals surface area contributed by atoms with Crippen LogP contribution in [0.4, 0.5) is 0 Å². The Labute approximate surface area is 117 Å². The van der Waals surface area contributed by atoms with Gasteiger partial charge in [-0.15, -0.1) is 0 Å². The maximum atomic E-state index is 11.9. The summed E-state index contributed by atoms with van der Waals surface area (Å²) in [7, 11) is 1.88. The van der Waals surface area contributed by atoms with Crippen LogP contribution in [0.25, 0.3) is 0 Å². The van der Waals surface area contributed by atoms with Crippen LogP contribution in [0.5, 0.6) is 0 Å². The van der Waals surface area contributed by atoms with Crippen molar-refractivity contribution < 1.29 is 4.79 Å². The third-order valence-electron chi connectivity index (χ3n) is 5.21. The molecule has 1 heterocycles. The lowest BCUT2D eigenvalue weighted by atomic mass is 9.85. The predicted octanol–water partition coefficient (Wildman–Crippen LogP) is 1.21. The minimum Gasteiger partial charge on any atom is -0.368 e. The number of nitrogens with two attached hydrogens (primary N) is 1. The van der Waals surface area contributed by atoms with Crippen LogP contribution in [0.2, 0.25) is 0 Å². The van der Waals surface area contributed by atoms with E-state index in [2.05, 4.69) is 24.1 Å². The van der Waals surface area contributed by atoms with Gasteiger partial charge in [-0.1, -0.05) is 13.8 Å². The summed E-state index contributed by atoms with van der Waals surface area (Å²) in [6.45, 7) is 7.62. The van der Waals surface area contributed by atoms with Crippen molar-refractivity contribution in [2.45, 2.75) is 45.1 Å². The first-order valence-electron chi connectivity index (χ1n) is 7.70. The number of likely N-dealkylation sites (tertiary alicyclic amines) is 1. The second-order valence-corrected chi connectivity index (χ2v) is 6.72. The Kier molecular flexibility index (Phi) is 4.51. The molecule has 1 unspecified atom stereocenters. The van der Waals surface area contributed by atoms with E-state index in [1.807, 2.05) is 7.05 Å². The van der Waals surface area contributed by atoms with Crippen LogP contribution in [0.15, 0.2) is 0 Å². The molecule has 19 heavy (non-hydrogen) atoms. The molecule has 0 aromatic carbocycles. The van der Waals surface area contributed by atoms with Crippen molar-refractivity contribution in [1.82, 2.24) is 10.2 Å². The van der Waals surface area contributed by atoms with Gasteiger partial charge in [0.15, 0.2) is 0 Å². The average molecular weight is 267 g/mol. The van der Waals surface area contributed by atoms with Crippen LogP contribution in [0.1, 0.15) is 39.5 Å². The highest BCUT2D eigenvalue weighted by molar-refractivity contribution is 5.86. The van der Waals surface area contributed by atoms with Gasteiger partial charge >= 0.3 is 0 Å². The molecule has 110 valence electrons. The zero-order valence-electron chi connectivity index (χ0n) is 12.6. The Morgan fingerprint density at radius 2 is 1.89 bits per heavy atom. The lowest BCUT2D eigenvalue weighted by Crippen LogP contribution is -2.62. The first-order valence-corrected chi connectivity index (χ1v) is 7.70. The zero-order valence-corrected chi connectivity index (χ0v) is 12.6. The summed E-state index contributed by atoms with van der Waals surface area (Å²) >= 11 is 0. The summed E-state index contributed by atoms with van der Waals surface area (Å²) in [4.78, 5) is 14.3. The lowest BCUT2D eigenvalue weighted by Gasteiger charge is -2.40. The number of hydrogen-bond donors (Lipinski definition) is 2. The number of nitrogens with one attached hydrogen (secondary N) is 1. The molecule has 2 rings (SSSR count). The number of hydrogen-bond acceptors (Lipinski definition) is 3. The molecule has 4 heteroatoms. The second-order valence-electron chi connectivity index (χ2n) is 6.72. The number of likely N-dealkylation sites (N-methyl/N-ethyl adjacent to an activating group) is 1. The van der Waals surface area contributed by atoms with Gasteiger partial charge in [0.05, 0.1) is 0 Å². The number of nitrogens with zero attached hydrogens (tertiary/aromatic N) is 1. The minimum absolute atomic E-state index is 0.177. The molecule has 1 saturated carbocycles. The van der Waals surface area contributed by atoms with Crippen molar-refractivity contribution in [2.75, 3.05) is 26.7 Å². The monoisotopic (exact) mass is 267 g/mol. The molecule has 1 amide bonds. The molecule has 1 aliphatic carbocycles. The molecule has 4 nitrogen and oxygen atoms in total. The van der Waals surface area contributed by atoms with Crippen molar-refractivity contribution in [1.29, 1.82) is 0 Å². The molecule has 0 spiro atoms. The molecular formula is C15H29N3O. The molecule has 3 N–H and O–H groups in total. The van der Waals surface area contributed by atoms with E-state index in [0.717, 1.165) is 44.3 Å². The molecule has 1 saturated heterocycles. The van der Waals surface area contributed by atoms with E-state index in [4.69, 9.17) is 5.73 Å². The first kappa shape index (κ1) is 14.8. The van der Waals surface area contributed by atoms with E-state index in [9.17, 15) is 4.79 Å². The fourth-order valence-electron chi connectivity index (χ4n) is 3.52. The molecule has 1 atom stereocenters. The van der Waals surface area contributed by atoms with Gasteiger partial charge in [0.25, 0.3) is 0 Å². The molecule has 0 aromatic heterocycles. The number of carbonyl (C=O) groups excluding carboxylic acids is 1. The Balaban J connectivity index is 1.94. The van der Waals surface area contributed by atoms with Crippen LogP contribution >= 0.6 is 0 Å². The van der Waals surface area contributed by atoms with Gasteiger partial charge in [-0.25, -0.2) is 0 Å². The van der Waals surface area contributed by atoms with Gasteiger partial charge in [0, 0.05) is 6.54 Å². The summed E-state index contributed by atoms with van der Waals surface area (Å²) in [5.41, 5.74) is 5.19. The maximum Gasteiger partial charge on any atom is 0.239 e. The van der Waals surface area contributed by atoms with Crippen molar-refractivity contribution in [2.24, 2.45) is 23.5 Å². The first-order chi connectivity index (χ1) is 8.99. The van der Waals surface area contributed by atoms with E-state index in [1.165, 1.54) is 12.8 Å². The number of piperidine rings is 1. The quantitative estimate of drug-likeness (QED) is 0.760. The van der Waals surface area contributed by atoms with E-state index < -0.39 is 5.54 Å². The third kappa shape index (κ3) is 3.11. The van der Waals surface area contributed by atoms with Crippen LogP contribution in [0.3, 0.4) is 0 Å². The molecule has 1 aliphatic heterocycles. The fourth-order valence-corrected chi connectivity index (χ4v) is 3.52. The molecule has 0 aromatic rings. The Morgan fingerprint density at radius 1 is 1.32 bits per heavy atom. The Hall–Kier alpha value is -0.610. The third-order valence-corrected chi connectivity index (χ3v) is 5.21. The van der Waals surface area contributed by atoms with Crippen molar-refractivity contribution in [3.8, 4) is 0 Å². The van der Waals surface area contributed by atoms with Gasteiger partial charge < -0.3 is 16.0 Å². The normalized spacial score (nSPS) is 25.5. The van der Waals surface area contributed by atoms with Crippen molar-refractivity contribution in [3.63, 3.8) is 0 Å². The Morgan fingerprint density at radius 3 is 2.26 bits per heavy atom. The number of primary amides is 1. The van der Waals surface area contributed by atoms with Crippen LogP contribution in [-0.2, 0) is 4.79 Å². The average Bonchev–Trinajstić information content (AvgIpc) is 3.20. The summed E-state index contributed by atoms with van der Waals surface area (Å²) in [5, 5.41) is 3.24. The SMILES string of the molecule is CNC(CN1CCC(C(C)C)CC1)(C(N)=O)C1CC1. The highest BCUT2D eigenvalue weighted by atomic mass is 16.1. The summed E-state index contributed by atoms with van der Waals surface area (Å²) in [6, 6.07) is 0. The lowest BCUT2D eigenvalue weighted by molar-refractivity contribution is -0.126. The van der Waals surface area contributed by atoms with Crippen LogP contribution in [0, 0.1) is 17.8 Å². The van der Waals surface area contributed by atoms with E-state index >= 15 is 0 Å². The fraction of sp³-hybridized carbons (Fsp3) is 0.933. The Bertz CT molecular complexity index is 319. The topological polar surface area (TPSA) is 58.4 Å². The molecule has 0 radical (unpaired) electrons. The van der Waals surface area contributed by atoms with Gasteiger partial charge in [-0.2, -0.15) is 0 Å². The molecular weight excluding hydrogens is 238 g/mol. The van der Waals surface area contributed by atoms with Gasteiger partial charge in [0.2, 0.25) is 5.91 Å². The highest BCUT2D eigenvalue weighted by Crippen LogP contribution is 2.40. The van der Waals surface area contributed by atoms with Gasteiger partial charge in [-0.05, 0) is 63.6 Å². The van der Waals surface area contributed by atoms with E-state index in [0.29, 0.717) is 5.92 Å². The maximum absolute atomic E-state index is 11.9. The standard InChI is InChI=1S/C15H29N3O/c1-11(2)12-6-8-18(9-7-12)10-15(17-3,14(16)19)13-4-5-13/h11-13,17H,4-10H2,1-3H3,(H2,16,19). The van der Waals surface area contributed by atoms with Crippen molar-refractivity contribution in [3.05, 3.63) is 0 Å². The summed E-state index contributed by atoms with van der Waals surface area (Å²) < 4.78 is 0. The molecule has 2 fully saturated rings. The van der Waals surface area contributed by atoms with Crippen molar-refractivity contribution >= 4 is 5.91 Å².